The largest absolute Gasteiger partial charge is 0.507 e. The molecule has 0 amide bonds. The minimum Gasteiger partial charge on any atom is -0.507 e. The molecule has 73 heavy (non-hydrogen) atoms. The average molecular weight is 1010 g/mol. The van der Waals surface area contributed by atoms with Crippen molar-refractivity contribution in [3.63, 3.8) is 0 Å². The highest BCUT2D eigenvalue weighted by molar-refractivity contribution is 6.02. The summed E-state index contributed by atoms with van der Waals surface area (Å²) >= 11 is 0. The number of allylic oxidation sites excluding steroid dienone is 8. The number of phenols is 1. The number of nitrogen functional groups attached to an aromatic ring is 1. The number of aliphatic hydroxyl groups is 4. The van der Waals surface area contributed by atoms with Gasteiger partial charge in [-0.1, -0.05) is 77.7 Å². The lowest BCUT2D eigenvalue weighted by atomic mass is 9.46. The van der Waals surface area contributed by atoms with Gasteiger partial charge >= 0.3 is 5.97 Å². The molecule has 11 rings (SSSR count). The molecule has 16 heteroatoms. The number of Topliss-reactive ketones (excluding diaryl/α,β-unsaturated/α-hetero) is 2. The number of carbonyl (C=O) groups excluding carboxylic acids is 4. The summed E-state index contributed by atoms with van der Waals surface area (Å²) in [5.41, 5.74) is 3.34. The third kappa shape index (κ3) is 8.01. The fourth-order valence-corrected chi connectivity index (χ4v) is 17.0. The van der Waals surface area contributed by atoms with Crippen molar-refractivity contribution in [1.82, 2.24) is 0 Å². The van der Waals surface area contributed by atoms with Crippen LogP contribution in [0, 0.1) is 57.2 Å². The second-order valence-electron chi connectivity index (χ2n) is 23.5. The molecule has 18 atom stereocenters. The van der Waals surface area contributed by atoms with Gasteiger partial charge in [-0.2, -0.15) is 0 Å². The number of anilines is 1. The van der Waals surface area contributed by atoms with Crippen LogP contribution in [-0.4, -0.2) is 121 Å². The molecule has 1 aromatic carbocycles. The highest BCUT2D eigenvalue weighted by Gasteiger charge is 2.77. The highest BCUT2D eigenvalue weighted by atomic mass is 16.8. The molecular formula is C57H75NO15. The Balaban J connectivity index is 0.000000149. The molecule has 8 fully saturated rings. The van der Waals surface area contributed by atoms with E-state index in [-0.39, 0.29) is 80.8 Å². The number of carboxylic acids is 1. The van der Waals surface area contributed by atoms with Crippen molar-refractivity contribution in [2.24, 2.45) is 57.2 Å². The number of carbonyl (C=O) groups is 5. The first-order valence-electron chi connectivity index (χ1n) is 26.5. The maximum atomic E-state index is 13.2. The van der Waals surface area contributed by atoms with Gasteiger partial charge in [-0.05, 0) is 130 Å². The average Bonchev–Trinajstić information content (AvgIpc) is 4.04. The van der Waals surface area contributed by atoms with Crippen LogP contribution in [0.3, 0.4) is 0 Å². The molecule has 0 spiro atoms. The fraction of sp³-hybridized carbons (Fsp3) is 0.667. The zero-order valence-corrected chi connectivity index (χ0v) is 43.0. The number of hydrogen-bond acceptors (Lipinski definition) is 15. The maximum absolute atomic E-state index is 13.2. The first kappa shape index (κ1) is 53.4. The Morgan fingerprint density at radius 2 is 1.12 bits per heavy atom. The Bertz CT molecular complexity index is 2400. The van der Waals surface area contributed by atoms with Crippen LogP contribution in [0.5, 0.6) is 5.75 Å². The first-order valence-corrected chi connectivity index (χ1v) is 26.5. The van der Waals surface area contributed by atoms with Crippen LogP contribution in [0.25, 0.3) is 0 Å². The molecule has 2 saturated heterocycles. The van der Waals surface area contributed by atoms with Gasteiger partial charge in [0.05, 0.1) is 24.4 Å². The van der Waals surface area contributed by atoms with Crippen LogP contribution in [0.4, 0.5) is 5.69 Å². The molecule has 0 radical (unpaired) electrons. The van der Waals surface area contributed by atoms with Crippen molar-refractivity contribution >= 4 is 34.8 Å². The molecule has 0 unspecified atom stereocenters. The number of nitrogens with two attached hydrogens (primary N) is 1. The lowest BCUT2D eigenvalue weighted by molar-refractivity contribution is -0.200. The van der Waals surface area contributed by atoms with Crippen molar-refractivity contribution in [3.05, 3.63) is 71.4 Å². The van der Waals surface area contributed by atoms with Crippen LogP contribution >= 0.6 is 0 Å². The van der Waals surface area contributed by atoms with Crippen LogP contribution in [-0.2, 0) is 38.1 Å². The maximum Gasteiger partial charge on any atom is 0.339 e. The third-order valence-electron chi connectivity index (χ3n) is 20.0. The summed E-state index contributed by atoms with van der Waals surface area (Å²) in [5.74, 6) is -1.40. The normalized spacial score (nSPS) is 44.2. The molecule has 10 aliphatic rings. The van der Waals surface area contributed by atoms with Gasteiger partial charge in [-0.25, -0.2) is 4.79 Å². The Morgan fingerprint density at radius 1 is 0.699 bits per heavy atom. The number of aromatic hydroxyl groups is 1. The predicted molar refractivity (Wildman–Crippen MR) is 265 cm³/mol. The number of aromatic carboxylic acids is 1. The molecule has 2 heterocycles. The lowest BCUT2D eigenvalue weighted by Gasteiger charge is -2.59. The Morgan fingerprint density at radius 3 is 1.49 bits per heavy atom. The van der Waals surface area contributed by atoms with E-state index in [1.54, 1.807) is 24.3 Å². The SMILES string of the molecule is CCC[C@@H]1O[C@@H]2C[C@H]3[C@@H]4CCC5=CC(=O)C=C[C@]5(C)[C@H]4[C@@H](O)C[C@]3(C)[C@]2(C(=O)CO)O1.CCC[C@@H]1O[C@@H]2C[C@H]3[C@@H]4CCC5=CC(=O)C=C[C@]5(C)[C@H]4[C@@H](O)C[C@]3(C)[C@]2(C(=O)CO)O1.Nc1ccc(O)c(C(=O)O)c1. The van der Waals surface area contributed by atoms with E-state index in [1.165, 1.54) is 18.2 Å². The number of carboxylic acid groups (broad SMARTS) is 1. The molecule has 6 saturated carbocycles. The minimum absolute atomic E-state index is 0.0125. The molecule has 0 aromatic heterocycles. The standard InChI is InChI=1S/2C25H34O6.C7H7NO3/c2*1-4-5-21-30-20-11-17-16-7-6-14-10-15(27)8-9-23(14,2)22(16)18(28)12-24(17,3)25(20,31-21)19(29)13-26;8-4-1-2-6(9)5(3-4)7(10)11/h2*8-10,16-18,20-22,26,28H,4-7,11-13H2,1-3H3;1-3,9H,8H2,(H,10,11)/t2*16-,17-,18-,20+,21+,22+,23-,24-,25+;/m00./s1. The first-order chi connectivity index (χ1) is 34.5. The van der Waals surface area contributed by atoms with E-state index in [1.807, 2.05) is 12.2 Å². The van der Waals surface area contributed by atoms with Crippen LogP contribution < -0.4 is 5.73 Å². The smallest absolute Gasteiger partial charge is 0.339 e. The fourth-order valence-electron chi connectivity index (χ4n) is 17.0. The second kappa shape index (κ2) is 19.3. The van der Waals surface area contributed by atoms with E-state index in [4.69, 9.17) is 34.9 Å². The minimum atomic E-state index is -1.20. The predicted octanol–water partition coefficient (Wildman–Crippen LogP) is 6.11. The molecule has 2 aliphatic heterocycles. The monoisotopic (exact) mass is 1010 g/mol. The zero-order valence-electron chi connectivity index (χ0n) is 43.0. The third-order valence-corrected chi connectivity index (χ3v) is 20.0. The summed E-state index contributed by atoms with van der Waals surface area (Å²) in [6.45, 7) is 11.3. The van der Waals surface area contributed by atoms with E-state index < -0.39 is 78.2 Å². The molecule has 16 nitrogen and oxygen atoms in total. The number of benzene rings is 1. The van der Waals surface area contributed by atoms with Gasteiger partial charge in [-0.3, -0.25) is 19.2 Å². The van der Waals surface area contributed by atoms with E-state index in [2.05, 4.69) is 41.5 Å². The Hall–Kier alpha value is -4.39. The number of aliphatic hydroxyl groups excluding tert-OH is 4. The second-order valence-corrected chi connectivity index (χ2v) is 23.5. The van der Waals surface area contributed by atoms with Crippen molar-refractivity contribution in [2.75, 3.05) is 18.9 Å². The molecule has 1 aromatic rings. The van der Waals surface area contributed by atoms with Gasteiger partial charge in [0.15, 0.2) is 46.9 Å². The molecule has 398 valence electrons. The van der Waals surface area contributed by atoms with Gasteiger partial charge in [0.1, 0.15) is 24.5 Å². The summed E-state index contributed by atoms with van der Waals surface area (Å²) in [4.78, 5) is 60.8. The van der Waals surface area contributed by atoms with Crippen LogP contribution in [0.1, 0.15) is 129 Å². The van der Waals surface area contributed by atoms with Crippen molar-refractivity contribution in [3.8, 4) is 5.75 Å². The number of ether oxygens (including phenoxy) is 4. The van der Waals surface area contributed by atoms with Crippen LogP contribution in [0.15, 0.2) is 65.8 Å². The number of fused-ring (bicyclic) bond motifs is 14. The van der Waals surface area contributed by atoms with E-state index >= 15 is 0 Å². The number of rotatable bonds is 9. The topological polar surface area (TPSA) is 270 Å². The Labute approximate surface area is 427 Å². The van der Waals surface area contributed by atoms with Crippen molar-refractivity contribution < 1.29 is 73.6 Å². The summed E-state index contributed by atoms with van der Waals surface area (Å²) in [6.07, 6.45) is 16.6. The number of hydrogen-bond donors (Lipinski definition) is 7. The zero-order chi connectivity index (χ0) is 52.8. The van der Waals surface area contributed by atoms with E-state index in [0.717, 1.165) is 49.7 Å². The number of ketones is 4. The summed E-state index contributed by atoms with van der Waals surface area (Å²) < 4.78 is 25.3. The summed E-state index contributed by atoms with van der Waals surface area (Å²) in [6, 6.07) is 3.89. The van der Waals surface area contributed by atoms with E-state index in [0.29, 0.717) is 44.2 Å². The van der Waals surface area contributed by atoms with Gasteiger partial charge in [0.25, 0.3) is 0 Å². The van der Waals surface area contributed by atoms with Crippen molar-refractivity contribution in [2.45, 2.75) is 167 Å². The summed E-state index contributed by atoms with van der Waals surface area (Å²) in [5, 5.41) is 60.3. The molecule has 8 N–H and O–H groups in total. The van der Waals surface area contributed by atoms with Gasteiger partial charge < -0.3 is 55.3 Å². The quantitative estimate of drug-likeness (QED) is 0.109. The molecule has 0 bridgehead atoms. The summed E-state index contributed by atoms with van der Waals surface area (Å²) in [7, 11) is 0. The van der Waals surface area contributed by atoms with E-state index in [9.17, 15) is 44.4 Å². The van der Waals surface area contributed by atoms with Gasteiger partial charge in [0.2, 0.25) is 0 Å². The highest BCUT2D eigenvalue weighted by Crippen LogP contribution is 2.71. The molecule has 8 aliphatic carbocycles. The molecular weight excluding hydrogens is 939 g/mol. The lowest BCUT2D eigenvalue weighted by Crippen LogP contribution is -2.63. The van der Waals surface area contributed by atoms with Crippen molar-refractivity contribution in [1.29, 1.82) is 0 Å². The van der Waals surface area contributed by atoms with Crippen LogP contribution in [0.2, 0.25) is 0 Å². The van der Waals surface area contributed by atoms with Gasteiger partial charge in [-0.15, -0.1) is 0 Å². The van der Waals surface area contributed by atoms with Gasteiger partial charge in [0, 0.05) is 39.2 Å². The Kier molecular flexibility index (Phi) is 14.1.